The van der Waals surface area contributed by atoms with Gasteiger partial charge in [0.05, 0.1) is 0 Å². The van der Waals surface area contributed by atoms with Gasteiger partial charge in [-0.2, -0.15) is 17.5 Å². The summed E-state index contributed by atoms with van der Waals surface area (Å²) in [6.45, 7) is 4.25. The maximum absolute atomic E-state index is 2.24. The van der Waals surface area contributed by atoms with Crippen LogP contribution in [0.1, 0.15) is 13.8 Å². The minimum atomic E-state index is 1.33. The maximum Gasteiger partial charge on any atom is -0.0771 e. The third-order valence-corrected chi connectivity index (χ3v) is 4.07. The Morgan fingerprint density at radius 1 is 0.654 bits per heavy atom. The molecule has 0 spiro atoms. The van der Waals surface area contributed by atoms with E-state index in [2.05, 4.69) is 111 Å². The summed E-state index contributed by atoms with van der Waals surface area (Å²) < 4.78 is 1.51. The molecule has 0 aliphatic heterocycles. The summed E-state index contributed by atoms with van der Waals surface area (Å²) in [5.74, 6) is 0. The van der Waals surface area contributed by atoms with Gasteiger partial charge in [0.25, 0.3) is 0 Å². The van der Waals surface area contributed by atoms with E-state index in [4.69, 9.17) is 0 Å². The summed E-state index contributed by atoms with van der Waals surface area (Å²) in [5.41, 5.74) is 0. The Morgan fingerprint density at radius 2 is 1.12 bits per heavy atom. The van der Waals surface area contributed by atoms with Crippen LogP contribution < -0.4 is 0 Å². The van der Waals surface area contributed by atoms with E-state index < -0.39 is 0 Å². The van der Waals surface area contributed by atoms with Crippen LogP contribution in [0.2, 0.25) is 0 Å². The number of fused-ring (bicyclic) bond motifs is 4. The second-order valence-electron chi connectivity index (χ2n) is 6.47. The number of hydrogen-bond acceptors (Lipinski definition) is 0. The van der Waals surface area contributed by atoms with Crippen molar-refractivity contribution in [2.75, 3.05) is 0 Å². The molecule has 0 amide bonds. The molecule has 126 valence electrons. The summed E-state index contributed by atoms with van der Waals surface area (Å²) >= 11 is 1.55. The Balaban J connectivity index is 0.000000131. The van der Waals surface area contributed by atoms with Crippen molar-refractivity contribution in [3.05, 3.63) is 97.1 Å². The van der Waals surface area contributed by atoms with Crippen molar-refractivity contribution in [3.8, 4) is 0 Å². The van der Waals surface area contributed by atoms with Gasteiger partial charge in [0.2, 0.25) is 0 Å². The van der Waals surface area contributed by atoms with Gasteiger partial charge in [0.1, 0.15) is 0 Å². The monoisotopic (exact) mass is 412 g/mol. The van der Waals surface area contributed by atoms with Crippen LogP contribution in [-0.2, 0) is 24.2 Å². The summed E-state index contributed by atoms with van der Waals surface area (Å²) in [4.78, 5) is 0. The largest absolute Gasteiger partial charge is 0.168 e. The predicted molar refractivity (Wildman–Crippen MR) is 113 cm³/mol. The van der Waals surface area contributed by atoms with E-state index >= 15 is 0 Å². The second-order valence-corrected chi connectivity index (χ2v) is 8.93. The molecule has 0 unspecified atom stereocenters. The summed E-state index contributed by atoms with van der Waals surface area (Å²) in [5, 5.41) is 8.05. The Morgan fingerprint density at radius 3 is 1.65 bits per heavy atom. The van der Waals surface area contributed by atoms with Gasteiger partial charge < -0.3 is 0 Å². The molecule has 5 aromatic rings. The molecule has 0 bridgehead atoms. The summed E-state index contributed by atoms with van der Waals surface area (Å²) in [7, 11) is 0. The molecule has 0 nitrogen and oxygen atoms in total. The second kappa shape index (κ2) is 9.01. The van der Waals surface area contributed by atoms with Crippen LogP contribution in [0.4, 0.5) is 0 Å². The van der Waals surface area contributed by atoms with Crippen LogP contribution >= 0.6 is 0 Å². The smallest absolute Gasteiger partial charge is 0.0771 e. The average Bonchev–Trinajstić information content (AvgIpc) is 3.26. The van der Waals surface area contributed by atoms with Crippen LogP contribution in [0, 0.1) is 0 Å². The van der Waals surface area contributed by atoms with Crippen molar-refractivity contribution in [1.82, 2.24) is 0 Å². The van der Waals surface area contributed by atoms with Gasteiger partial charge >= 0.3 is 41.3 Å². The molecular weight excluding hydrogens is 391 g/mol. The number of benzene rings is 3. The Bertz CT molecular complexity index is 1040. The normalized spacial score (nSPS) is 10.2. The van der Waals surface area contributed by atoms with Crippen molar-refractivity contribution < 1.29 is 24.2 Å². The first-order valence-electron chi connectivity index (χ1n) is 8.80. The van der Waals surface area contributed by atoms with Gasteiger partial charge in [-0.05, 0) is 0 Å². The molecular formula is C25H22Zr. The van der Waals surface area contributed by atoms with Crippen LogP contribution in [0.25, 0.3) is 32.3 Å². The summed E-state index contributed by atoms with van der Waals surface area (Å²) in [6.07, 6.45) is 0. The standard InChI is InChI=1S/C13H9.C9H7.C3H6.Zr/c1-3-7-12-10(5-1)9-11-6-2-4-8-13(11)12;1-2-5-9-7-3-6-8(9)4-1;1-3-2;/h1-9H;1-7H;1-2H3;/q2*-1;;+2. The molecule has 0 atom stereocenters. The van der Waals surface area contributed by atoms with Gasteiger partial charge in [0, 0.05) is 0 Å². The van der Waals surface area contributed by atoms with Crippen molar-refractivity contribution in [3.63, 3.8) is 0 Å². The van der Waals surface area contributed by atoms with Gasteiger partial charge in [-0.1, -0.05) is 42.5 Å². The topological polar surface area (TPSA) is 0 Å². The molecule has 0 radical (unpaired) electrons. The Hall–Kier alpha value is -2.11. The molecule has 0 aliphatic rings. The fourth-order valence-electron chi connectivity index (χ4n) is 2.97. The molecule has 1 heteroatoms. The van der Waals surface area contributed by atoms with Crippen LogP contribution in [0.15, 0.2) is 97.1 Å². The molecule has 0 heterocycles. The van der Waals surface area contributed by atoms with Crippen LogP contribution in [0.3, 0.4) is 0 Å². The van der Waals surface area contributed by atoms with Gasteiger partial charge in [-0.15, -0.1) is 69.4 Å². The molecule has 0 N–H and O–H groups in total. The van der Waals surface area contributed by atoms with E-state index in [9.17, 15) is 0 Å². The van der Waals surface area contributed by atoms with Gasteiger partial charge in [0.15, 0.2) is 0 Å². The van der Waals surface area contributed by atoms with Crippen molar-refractivity contribution in [1.29, 1.82) is 0 Å². The predicted octanol–water partition coefficient (Wildman–Crippen LogP) is 7.02. The fourth-order valence-corrected chi connectivity index (χ4v) is 2.97. The number of hydrogen-bond donors (Lipinski definition) is 0. The van der Waals surface area contributed by atoms with E-state index in [0.717, 1.165) is 0 Å². The molecule has 5 rings (SSSR count). The Kier molecular flexibility index (Phi) is 6.47. The third-order valence-electron chi connectivity index (χ3n) is 4.07. The van der Waals surface area contributed by atoms with E-state index in [1.54, 1.807) is 24.2 Å². The van der Waals surface area contributed by atoms with Gasteiger partial charge in [-0.25, -0.2) is 0 Å². The maximum atomic E-state index is 2.24. The van der Waals surface area contributed by atoms with Crippen molar-refractivity contribution in [2.45, 2.75) is 13.8 Å². The molecule has 5 aromatic carbocycles. The SMILES string of the molecule is C[C](C)=[Zr+2].c1ccc2[cH-]ccc2c1.c1ccc2c(c1)[cH-]c1ccccc12. The molecule has 0 aromatic heterocycles. The molecule has 26 heavy (non-hydrogen) atoms. The van der Waals surface area contributed by atoms with Crippen LogP contribution in [-0.4, -0.2) is 3.21 Å². The van der Waals surface area contributed by atoms with Crippen molar-refractivity contribution in [2.24, 2.45) is 0 Å². The minimum absolute atomic E-state index is 1.33. The van der Waals surface area contributed by atoms with Crippen molar-refractivity contribution >= 4 is 35.5 Å². The van der Waals surface area contributed by atoms with E-state index in [-0.39, 0.29) is 0 Å². The number of rotatable bonds is 0. The minimum Gasteiger partial charge on any atom is -0.168 e. The van der Waals surface area contributed by atoms with E-state index in [1.807, 2.05) is 0 Å². The first kappa shape index (κ1) is 18.7. The van der Waals surface area contributed by atoms with Gasteiger partial charge in [-0.3, -0.25) is 0 Å². The van der Waals surface area contributed by atoms with E-state index in [0.29, 0.717) is 0 Å². The van der Waals surface area contributed by atoms with Crippen LogP contribution in [0.5, 0.6) is 0 Å². The third kappa shape index (κ3) is 4.74. The molecule has 0 saturated heterocycles. The molecule has 0 saturated carbocycles. The molecule has 0 aliphatic carbocycles. The molecule has 0 fully saturated rings. The fraction of sp³-hybridized carbons (Fsp3) is 0.0800. The summed E-state index contributed by atoms with van der Waals surface area (Å²) in [6, 6.07) is 33.9. The zero-order valence-corrected chi connectivity index (χ0v) is 17.7. The first-order valence-corrected chi connectivity index (χ1v) is 10.0. The van der Waals surface area contributed by atoms with E-state index in [1.165, 1.54) is 35.5 Å². The Labute approximate surface area is 170 Å². The quantitative estimate of drug-likeness (QED) is 0.239. The average molecular weight is 414 g/mol. The zero-order valence-electron chi connectivity index (χ0n) is 15.2. The first-order chi connectivity index (χ1) is 12.6. The zero-order chi connectivity index (χ0) is 18.4.